The van der Waals surface area contributed by atoms with Crippen LogP contribution in [0.2, 0.25) is 5.02 Å². The van der Waals surface area contributed by atoms with E-state index in [4.69, 9.17) is 16.3 Å². The first-order chi connectivity index (χ1) is 13.4. The molecule has 0 fully saturated rings. The van der Waals surface area contributed by atoms with Gasteiger partial charge in [-0.05, 0) is 29.8 Å². The van der Waals surface area contributed by atoms with Gasteiger partial charge >= 0.3 is 0 Å². The van der Waals surface area contributed by atoms with E-state index in [2.05, 4.69) is 5.32 Å². The second kappa shape index (κ2) is 8.49. The highest BCUT2D eigenvalue weighted by atomic mass is 35.5. The van der Waals surface area contributed by atoms with Gasteiger partial charge < -0.3 is 10.1 Å². The first-order valence-electron chi connectivity index (χ1n) is 8.15. The molecule has 0 atom stereocenters. The first-order valence-corrected chi connectivity index (χ1v) is 8.53. The van der Waals surface area contributed by atoms with Gasteiger partial charge in [0.2, 0.25) is 0 Å². The molecule has 0 aliphatic carbocycles. The summed E-state index contributed by atoms with van der Waals surface area (Å²) in [7, 11) is 0. The van der Waals surface area contributed by atoms with Crippen molar-refractivity contribution in [3.05, 3.63) is 98.8 Å². The largest absolute Gasteiger partial charge is 0.486 e. The third-order valence-corrected chi connectivity index (χ3v) is 4.12. The van der Waals surface area contributed by atoms with Crippen LogP contribution in [0.25, 0.3) is 0 Å². The molecule has 0 aliphatic heterocycles. The van der Waals surface area contributed by atoms with E-state index < -0.39 is 16.6 Å². The van der Waals surface area contributed by atoms with Gasteiger partial charge in [0.05, 0.1) is 16.7 Å². The summed E-state index contributed by atoms with van der Waals surface area (Å²) >= 11 is 5.96. The van der Waals surface area contributed by atoms with Gasteiger partial charge in [0.1, 0.15) is 23.2 Å². The molecular formula is C20H14ClFN2O4. The van der Waals surface area contributed by atoms with Crippen LogP contribution in [-0.4, -0.2) is 10.8 Å². The number of ether oxygens (including phenoxy) is 1. The van der Waals surface area contributed by atoms with Crippen molar-refractivity contribution in [3.8, 4) is 5.75 Å². The predicted molar refractivity (Wildman–Crippen MR) is 103 cm³/mol. The Bertz CT molecular complexity index is 1030. The van der Waals surface area contributed by atoms with Crippen molar-refractivity contribution in [2.45, 2.75) is 6.61 Å². The van der Waals surface area contributed by atoms with Crippen molar-refractivity contribution in [1.82, 2.24) is 0 Å². The molecule has 1 amide bonds. The van der Waals surface area contributed by atoms with E-state index in [0.717, 1.165) is 17.7 Å². The molecule has 0 saturated carbocycles. The molecule has 3 aromatic carbocycles. The summed E-state index contributed by atoms with van der Waals surface area (Å²) in [6, 6.07) is 16.7. The molecule has 0 aliphatic rings. The number of nitrogens with one attached hydrogen (secondary N) is 1. The predicted octanol–water partition coefficient (Wildman–Crippen LogP) is 5.22. The monoisotopic (exact) mass is 400 g/mol. The van der Waals surface area contributed by atoms with E-state index in [1.54, 1.807) is 0 Å². The van der Waals surface area contributed by atoms with E-state index in [-0.39, 0.29) is 34.3 Å². The first kappa shape index (κ1) is 19.3. The van der Waals surface area contributed by atoms with Crippen LogP contribution in [-0.2, 0) is 6.61 Å². The number of nitro groups is 1. The van der Waals surface area contributed by atoms with Gasteiger partial charge in [0.15, 0.2) is 0 Å². The maximum Gasteiger partial charge on any atom is 0.291 e. The SMILES string of the molecule is O=C(Nc1cc(Cl)c([N+](=O)[O-])cc1OCc1ccccc1)c1cccc(F)c1. The molecule has 0 unspecified atom stereocenters. The minimum atomic E-state index is -0.643. The molecule has 0 radical (unpaired) electrons. The number of halogens is 2. The van der Waals surface area contributed by atoms with Crippen LogP contribution < -0.4 is 10.1 Å². The van der Waals surface area contributed by atoms with Crippen LogP contribution in [0.1, 0.15) is 15.9 Å². The Morgan fingerprint density at radius 2 is 1.86 bits per heavy atom. The number of carbonyl (C=O) groups is 1. The summed E-state index contributed by atoms with van der Waals surface area (Å²) in [4.78, 5) is 22.9. The van der Waals surface area contributed by atoms with E-state index in [1.165, 1.54) is 24.3 Å². The van der Waals surface area contributed by atoms with Crippen molar-refractivity contribution in [2.75, 3.05) is 5.32 Å². The Hall–Kier alpha value is -3.45. The van der Waals surface area contributed by atoms with E-state index >= 15 is 0 Å². The fourth-order valence-electron chi connectivity index (χ4n) is 2.46. The average Bonchev–Trinajstić information content (AvgIpc) is 2.68. The lowest BCUT2D eigenvalue weighted by Gasteiger charge is -2.13. The Kier molecular flexibility index (Phi) is 5.86. The van der Waals surface area contributed by atoms with Crippen molar-refractivity contribution >= 4 is 28.9 Å². The molecule has 0 saturated heterocycles. The van der Waals surface area contributed by atoms with Gasteiger partial charge in [0.25, 0.3) is 11.6 Å². The van der Waals surface area contributed by atoms with Crippen LogP contribution in [0.5, 0.6) is 5.75 Å². The summed E-state index contributed by atoms with van der Waals surface area (Å²) in [6.07, 6.45) is 0. The molecule has 8 heteroatoms. The molecule has 6 nitrogen and oxygen atoms in total. The molecule has 0 heterocycles. The number of nitro benzene ring substituents is 1. The van der Waals surface area contributed by atoms with Crippen LogP contribution in [0.3, 0.4) is 0 Å². The number of carbonyl (C=O) groups excluding carboxylic acids is 1. The Morgan fingerprint density at radius 3 is 2.54 bits per heavy atom. The van der Waals surface area contributed by atoms with Crippen LogP contribution in [0, 0.1) is 15.9 Å². The molecule has 0 bridgehead atoms. The van der Waals surface area contributed by atoms with Gasteiger partial charge in [-0.3, -0.25) is 14.9 Å². The number of nitrogens with zero attached hydrogens (tertiary/aromatic N) is 1. The number of rotatable bonds is 6. The topological polar surface area (TPSA) is 81.5 Å². The molecular weight excluding hydrogens is 387 g/mol. The minimum absolute atomic E-state index is 0.0738. The van der Waals surface area contributed by atoms with Gasteiger partial charge in [-0.25, -0.2) is 4.39 Å². The molecule has 3 rings (SSSR count). The molecule has 28 heavy (non-hydrogen) atoms. The molecule has 0 aromatic heterocycles. The minimum Gasteiger partial charge on any atom is -0.486 e. The fraction of sp³-hybridized carbons (Fsp3) is 0.0500. The van der Waals surface area contributed by atoms with Crippen molar-refractivity contribution in [1.29, 1.82) is 0 Å². The number of benzene rings is 3. The van der Waals surface area contributed by atoms with Crippen LogP contribution in [0.15, 0.2) is 66.7 Å². The Balaban J connectivity index is 1.90. The van der Waals surface area contributed by atoms with Crippen LogP contribution in [0.4, 0.5) is 15.8 Å². The molecule has 142 valence electrons. The summed E-state index contributed by atoms with van der Waals surface area (Å²) in [5.74, 6) is -1.09. The van der Waals surface area contributed by atoms with E-state index in [9.17, 15) is 19.3 Å². The maximum atomic E-state index is 13.4. The molecule has 1 N–H and O–H groups in total. The van der Waals surface area contributed by atoms with Gasteiger partial charge in [-0.15, -0.1) is 0 Å². The number of hydrogen-bond donors (Lipinski definition) is 1. The zero-order valence-electron chi connectivity index (χ0n) is 14.4. The lowest BCUT2D eigenvalue weighted by atomic mass is 10.2. The zero-order valence-corrected chi connectivity index (χ0v) is 15.2. The summed E-state index contributed by atoms with van der Waals surface area (Å²) in [6.45, 7) is 0.127. The standard InChI is InChI=1S/C20H14ClFN2O4/c21-16-10-17(23-20(25)14-7-4-8-15(22)9-14)19(11-18(16)24(26)27)28-12-13-5-2-1-3-6-13/h1-11H,12H2,(H,23,25). The third-order valence-electron chi connectivity index (χ3n) is 3.82. The van der Waals surface area contributed by atoms with E-state index in [1.807, 2.05) is 30.3 Å². The third kappa shape index (κ3) is 4.63. The smallest absolute Gasteiger partial charge is 0.291 e. The fourth-order valence-corrected chi connectivity index (χ4v) is 2.69. The van der Waals surface area contributed by atoms with Crippen LogP contribution >= 0.6 is 11.6 Å². The Labute approximate surface area is 164 Å². The number of amides is 1. The second-order valence-corrected chi connectivity index (χ2v) is 6.20. The number of hydrogen-bond acceptors (Lipinski definition) is 4. The summed E-state index contributed by atoms with van der Waals surface area (Å²) in [5, 5.41) is 13.6. The van der Waals surface area contributed by atoms with Gasteiger partial charge in [-0.1, -0.05) is 48.0 Å². The van der Waals surface area contributed by atoms with Gasteiger partial charge in [-0.2, -0.15) is 0 Å². The number of anilines is 1. The highest BCUT2D eigenvalue weighted by Gasteiger charge is 2.20. The maximum absolute atomic E-state index is 13.4. The lowest BCUT2D eigenvalue weighted by Crippen LogP contribution is -2.13. The highest BCUT2D eigenvalue weighted by Crippen LogP contribution is 2.36. The van der Waals surface area contributed by atoms with E-state index in [0.29, 0.717) is 0 Å². The summed E-state index contributed by atoms with van der Waals surface area (Å²) in [5.41, 5.74) is 0.709. The second-order valence-electron chi connectivity index (χ2n) is 5.80. The van der Waals surface area contributed by atoms with Gasteiger partial charge in [0, 0.05) is 5.56 Å². The normalized spacial score (nSPS) is 10.4. The lowest BCUT2D eigenvalue weighted by molar-refractivity contribution is -0.384. The molecule has 0 spiro atoms. The molecule has 3 aromatic rings. The van der Waals surface area contributed by atoms with Crippen molar-refractivity contribution < 1.29 is 18.8 Å². The quantitative estimate of drug-likeness (QED) is 0.454. The Morgan fingerprint density at radius 1 is 1.11 bits per heavy atom. The highest BCUT2D eigenvalue weighted by molar-refractivity contribution is 6.33. The van der Waals surface area contributed by atoms with Crippen molar-refractivity contribution in [2.24, 2.45) is 0 Å². The zero-order chi connectivity index (χ0) is 20.1. The van der Waals surface area contributed by atoms with Crippen molar-refractivity contribution in [3.63, 3.8) is 0 Å². The average molecular weight is 401 g/mol. The summed E-state index contributed by atoms with van der Waals surface area (Å²) < 4.78 is 19.0.